The van der Waals surface area contributed by atoms with Crippen molar-refractivity contribution in [3.8, 4) is 0 Å². The summed E-state index contributed by atoms with van der Waals surface area (Å²) in [7, 11) is 1.87. The van der Waals surface area contributed by atoms with E-state index in [1.807, 2.05) is 7.11 Å². The van der Waals surface area contributed by atoms with E-state index in [2.05, 4.69) is 44.3 Å². The lowest BCUT2D eigenvalue weighted by molar-refractivity contribution is -0.0978. The van der Waals surface area contributed by atoms with Gasteiger partial charge in [0, 0.05) is 13.2 Å². The molecule has 0 radical (unpaired) electrons. The van der Waals surface area contributed by atoms with Crippen LogP contribution in [0.15, 0.2) is 18.2 Å². The van der Waals surface area contributed by atoms with Gasteiger partial charge >= 0.3 is 0 Å². The van der Waals surface area contributed by atoms with Gasteiger partial charge in [0.1, 0.15) is 0 Å². The quantitative estimate of drug-likeness (QED) is 0.847. The van der Waals surface area contributed by atoms with E-state index in [4.69, 9.17) is 4.74 Å². The fourth-order valence-corrected chi connectivity index (χ4v) is 3.33. The van der Waals surface area contributed by atoms with E-state index in [-0.39, 0.29) is 5.60 Å². The monoisotopic (exact) mass is 261 g/mol. The summed E-state index contributed by atoms with van der Waals surface area (Å²) in [6.45, 7) is 7.53. The Morgan fingerprint density at radius 1 is 1.21 bits per heavy atom. The van der Waals surface area contributed by atoms with Crippen LogP contribution < -0.4 is 5.32 Å². The predicted molar refractivity (Wildman–Crippen MR) is 80.7 cm³/mol. The van der Waals surface area contributed by atoms with Crippen LogP contribution in [0.25, 0.3) is 0 Å². The fraction of sp³-hybridized carbons (Fsp3) is 0.647. The first-order chi connectivity index (χ1) is 9.09. The summed E-state index contributed by atoms with van der Waals surface area (Å²) in [5, 5.41) is 3.64. The van der Waals surface area contributed by atoms with Crippen molar-refractivity contribution >= 4 is 0 Å². The number of rotatable bonds is 6. The highest BCUT2D eigenvalue weighted by atomic mass is 16.5. The van der Waals surface area contributed by atoms with Crippen molar-refractivity contribution in [1.82, 2.24) is 5.32 Å². The molecule has 2 heteroatoms. The van der Waals surface area contributed by atoms with Gasteiger partial charge in [0.05, 0.1) is 5.60 Å². The van der Waals surface area contributed by atoms with Gasteiger partial charge in [-0.2, -0.15) is 0 Å². The summed E-state index contributed by atoms with van der Waals surface area (Å²) in [5.74, 6) is 0. The highest BCUT2D eigenvalue weighted by Crippen LogP contribution is 2.39. The van der Waals surface area contributed by atoms with Crippen molar-refractivity contribution < 1.29 is 4.74 Å². The Balaban J connectivity index is 2.16. The molecule has 0 saturated heterocycles. The highest BCUT2D eigenvalue weighted by molar-refractivity contribution is 5.29. The van der Waals surface area contributed by atoms with Crippen LogP contribution in [0, 0.1) is 13.8 Å². The summed E-state index contributed by atoms with van der Waals surface area (Å²) < 4.78 is 5.86. The summed E-state index contributed by atoms with van der Waals surface area (Å²) in [6, 6.07) is 7.28. The van der Waals surface area contributed by atoms with Crippen LogP contribution in [-0.2, 0) is 11.2 Å². The molecular formula is C17H27NO. The maximum absolute atomic E-state index is 5.86. The lowest BCUT2D eigenvalue weighted by atomic mass is 9.72. The number of benzene rings is 1. The molecule has 0 heterocycles. The van der Waals surface area contributed by atoms with Crippen LogP contribution in [0.4, 0.5) is 0 Å². The van der Waals surface area contributed by atoms with E-state index in [1.54, 1.807) is 0 Å². The van der Waals surface area contributed by atoms with E-state index in [1.165, 1.54) is 36.0 Å². The second kappa shape index (κ2) is 6.06. The third-order valence-corrected chi connectivity index (χ3v) is 4.41. The molecule has 0 amide bonds. The lowest BCUT2D eigenvalue weighted by Gasteiger charge is -2.47. The average Bonchev–Trinajstić information content (AvgIpc) is 2.27. The maximum atomic E-state index is 5.86. The van der Waals surface area contributed by atoms with Crippen LogP contribution in [0.3, 0.4) is 0 Å². The van der Waals surface area contributed by atoms with E-state index < -0.39 is 0 Å². The molecule has 1 aromatic carbocycles. The molecule has 19 heavy (non-hydrogen) atoms. The molecule has 0 bridgehead atoms. The summed E-state index contributed by atoms with van der Waals surface area (Å²) >= 11 is 0. The van der Waals surface area contributed by atoms with Gasteiger partial charge in [0.25, 0.3) is 0 Å². The number of hydrogen-bond donors (Lipinski definition) is 1. The predicted octanol–water partition coefficient (Wildman–Crippen LogP) is 3.39. The number of hydrogen-bond acceptors (Lipinski definition) is 2. The Bertz CT molecular complexity index is 398. The van der Waals surface area contributed by atoms with Crippen LogP contribution in [0.1, 0.15) is 42.9 Å². The van der Waals surface area contributed by atoms with Crippen LogP contribution in [-0.4, -0.2) is 25.3 Å². The third kappa shape index (κ3) is 3.18. The standard InChI is InChI=1S/C17H27NO/c1-5-18-16(17(19-4)7-6-8-17)12-15-10-13(2)9-14(3)11-15/h9-11,16,18H,5-8,12H2,1-4H3. The molecule has 2 rings (SSSR count). The molecule has 2 nitrogen and oxygen atoms in total. The zero-order valence-electron chi connectivity index (χ0n) is 12.8. The molecule has 1 unspecified atom stereocenters. The number of aryl methyl sites for hydroxylation is 2. The fourth-order valence-electron chi connectivity index (χ4n) is 3.33. The second-order valence-electron chi connectivity index (χ2n) is 5.93. The zero-order valence-corrected chi connectivity index (χ0v) is 12.8. The Hall–Kier alpha value is -0.860. The van der Waals surface area contributed by atoms with E-state index in [9.17, 15) is 0 Å². The van der Waals surface area contributed by atoms with Crippen LogP contribution >= 0.6 is 0 Å². The van der Waals surface area contributed by atoms with Crippen molar-refractivity contribution in [1.29, 1.82) is 0 Å². The summed E-state index contributed by atoms with van der Waals surface area (Å²) in [6.07, 6.45) is 4.73. The Morgan fingerprint density at radius 2 is 1.84 bits per heavy atom. The van der Waals surface area contributed by atoms with Crippen LogP contribution in [0.2, 0.25) is 0 Å². The van der Waals surface area contributed by atoms with E-state index in [0.29, 0.717) is 6.04 Å². The molecule has 0 spiro atoms. The normalized spacial score (nSPS) is 18.9. The SMILES string of the molecule is CCNC(Cc1cc(C)cc(C)c1)C1(OC)CCC1. The molecule has 0 aliphatic heterocycles. The molecule has 106 valence electrons. The van der Waals surface area contributed by atoms with Gasteiger partial charge < -0.3 is 10.1 Å². The molecule has 1 aliphatic rings. The van der Waals surface area contributed by atoms with Gasteiger partial charge in [-0.25, -0.2) is 0 Å². The molecule has 1 atom stereocenters. The average molecular weight is 261 g/mol. The minimum atomic E-state index is 0.0632. The van der Waals surface area contributed by atoms with Gasteiger partial charge in [0.2, 0.25) is 0 Å². The minimum absolute atomic E-state index is 0.0632. The molecule has 1 fully saturated rings. The highest BCUT2D eigenvalue weighted by Gasteiger charge is 2.43. The first-order valence-electron chi connectivity index (χ1n) is 7.45. The number of likely N-dealkylation sites (N-methyl/N-ethyl adjacent to an activating group) is 1. The smallest absolute Gasteiger partial charge is 0.0834 e. The van der Waals surface area contributed by atoms with Crippen molar-refractivity contribution in [2.24, 2.45) is 0 Å². The lowest BCUT2D eigenvalue weighted by Crippen LogP contribution is -2.57. The second-order valence-corrected chi connectivity index (χ2v) is 5.93. The van der Waals surface area contributed by atoms with Gasteiger partial charge in [-0.3, -0.25) is 0 Å². The van der Waals surface area contributed by atoms with Crippen LogP contribution in [0.5, 0.6) is 0 Å². The van der Waals surface area contributed by atoms with Crippen molar-refractivity contribution in [2.45, 2.75) is 58.1 Å². The molecule has 1 aliphatic carbocycles. The van der Waals surface area contributed by atoms with E-state index >= 15 is 0 Å². The number of ether oxygens (including phenoxy) is 1. The summed E-state index contributed by atoms with van der Waals surface area (Å²) in [5.41, 5.74) is 4.19. The van der Waals surface area contributed by atoms with Gasteiger partial charge in [0.15, 0.2) is 0 Å². The summed E-state index contributed by atoms with van der Waals surface area (Å²) in [4.78, 5) is 0. The Labute approximate surface area is 117 Å². The minimum Gasteiger partial charge on any atom is -0.377 e. The number of methoxy groups -OCH3 is 1. The van der Waals surface area contributed by atoms with Crippen molar-refractivity contribution in [2.75, 3.05) is 13.7 Å². The largest absolute Gasteiger partial charge is 0.377 e. The molecule has 1 N–H and O–H groups in total. The first-order valence-corrected chi connectivity index (χ1v) is 7.45. The number of nitrogens with one attached hydrogen (secondary N) is 1. The first kappa shape index (κ1) is 14.5. The van der Waals surface area contributed by atoms with Crippen molar-refractivity contribution in [3.05, 3.63) is 34.9 Å². The molecule has 0 aromatic heterocycles. The topological polar surface area (TPSA) is 21.3 Å². The van der Waals surface area contributed by atoms with Gasteiger partial charge in [-0.05, 0) is 51.6 Å². The molecule has 1 aromatic rings. The maximum Gasteiger partial charge on any atom is 0.0834 e. The van der Waals surface area contributed by atoms with E-state index in [0.717, 1.165) is 13.0 Å². The third-order valence-electron chi connectivity index (χ3n) is 4.41. The van der Waals surface area contributed by atoms with Crippen molar-refractivity contribution in [3.63, 3.8) is 0 Å². The Kier molecular flexibility index (Phi) is 4.64. The Morgan fingerprint density at radius 3 is 2.26 bits per heavy atom. The molecular weight excluding hydrogens is 234 g/mol. The van der Waals surface area contributed by atoms with Gasteiger partial charge in [-0.1, -0.05) is 36.2 Å². The molecule has 1 saturated carbocycles. The van der Waals surface area contributed by atoms with Gasteiger partial charge in [-0.15, -0.1) is 0 Å². The zero-order chi connectivity index (χ0) is 13.9.